The highest BCUT2D eigenvalue weighted by atomic mass is 16.2. The molecule has 14 heavy (non-hydrogen) atoms. The van der Waals surface area contributed by atoms with Crippen LogP contribution in [0.25, 0.3) is 0 Å². The highest BCUT2D eigenvalue weighted by Crippen LogP contribution is 2.28. The van der Waals surface area contributed by atoms with Crippen LogP contribution in [0.2, 0.25) is 0 Å². The van der Waals surface area contributed by atoms with Gasteiger partial charge in [-0.05, 0) is 31.7 Å². The molecule has 3 heteroatoms. The van der Waals surface area contributed by atoms with E-state index < -0.39 is 0 Å². The maximum Gasteiger partial charge on any atom is 0.0625 e. The molecule has 1 N–H and O–H groups in total. The van der Waals surface area contributed by atoms with Crippen molar-refractivity contribution in [2.24, 2.45) is 0 Å². The average molecular weight is 194 g/mol. The van der Waals surface area contributed by atoms with Gasteiger partial charge in [-0.3, -0.25) is 4.68 Å². The largest absolute Gasteiger partial charge is 0.396 e. The van der Waals surface area contributed by atoms with E-state index >= 15 is 0 Å². The molecule has 1 saturated carbocycles. The predicted molar refractivity (Wildman–Crippen MR) is 55.1 cm³/mol. The molecule has 1 aliphatic rings. The molecule has 0 spiro atoms. The van der Waals surface area contributed by atoms with Gasteiger partial charge in [-0.15, -0.1) is 0 Å². The molecule has 1 heterocycles. The van der Waals surface area contributed by atoms with Crippen molar-refractivity contribution in [3.8, 4) is 0 Å². The van der Waals surface area contributed by atoms with Crippen molar-refractivity contribution in [2.45, 2.75) is 44.6 Å². The number of nitrogens with zero attached hydrogens (tertiary/aromatic N) is 2. The summed E-state index contributed by atoms with van der Waals surface area (Å²) in [5.41, 5.74) is 1.12. The maximum absolute atomic E-state index is 8.71. The van der Waals surface area contributed by atoms with Gasteiger partial charge in [-0.25, -0.2) is 0 Å². The minimum Gasteiger partial charge on any atom is -0.396 e. The van der Waals surface area contributed by atoms with Crippen molar-refractivity contribution in [1.82, 2.24) is 9.78 Å². The Kier molecular flexibility index (Phi) is 3.19. The molecule has 78 valence electrons. The van der Waals surface area contributed by atoms with E-state index in [-0.39, 0.29) is 6.61 Å². The summed E-state index contributed by atoms with van der Waals surface area (Å²) in [6.45, 7) is 0.260. The first-order valence-electron chi connectivity index (χ1n) is 5.55. The summed E-state index contributed by atoms with van der Waals surface area (Å²) in [5.74, 6) is 0. The Bertz CT molecular complexity index is 277. The third kappa shape index (κ3) is 2.15. The number of aliphatic hydroxyl groups is 1. The lowest BCUT2D eigenvalue weighted by molar-refractivity contribution is 0.288. The van der Waals surface area contributed by atoms with E-state index in [0.29, 0.717) is 6.04 Å². The molecular weight excluding hydrogens is 176 g/mol. The number of aromatic nitrogens is 2. The first-order chi connectivity index (χ1) is 6.90. The summed E-state index contributed by atoms with van der Waals surface area (Å²) in [6.07, 6.45) is 9.05. The normalized spacial score (nSPS) is 17.8. The SMILES string of the molecule is OCCCc1ccn(C2CCCC2)n1. The van der Waals surface area contributed by atoms with Crippen LogP contribution in [0.15, 0.2) is 12.3 Å². The number of hydrogen-bond donors (Lipinski definition) is 1. The van der Waals surface area contributed by atoms with Crippen molar-refractivity contribution >= 4 is 0 Å². The standard InChI is InChI=1S/C11H18N2O/c14-9-3-4-10-7-8-13(12-10)11-5-1-2-6-11/h7-8,11,14H,1-6,9H2. The van der Waals surface area contributed by atoms with Crippen molar-refractivity contribution in [1.29, 1.82) is 0 Å². The molecule has 0 saturated heterocycles. The summed E-state index contributed by atoms with van der Waals surface area (Å²) >= 11 is 0. The second kappa shape index (κ2) is 4.60. The Labute approximate surface area is 84.7 Å². The Balaban J connectivity index is 1.94. The fourth-order valence-corrected chi connectivity index (χ4v) is 2.14. The first kappa shape index (κ1) is 9.71. The molecule has 1 aliphatic carbocycles. The summed E-state index contributed by atoms with van der Waals surface area (Å²) in [5, 5.41) is 13.2. The second-order valence-corrected chi connectivity index (χ2v) is 4.05. The minimum absolute atomic E-state index is 0.260. The summed E-state index contributed by atoms with van der Waals surface area (Å²) in [6, 6.07) is 2.71. The molecule has 0 bridgehead atoms. The van der Waals surface area contributed by atoms with E-state index in [4.69, 9.17) is 5.11 Å². The zero-order valence-electron chi connectivity index (χ0n) is 8.52. The zero-order chi connectivity index (χ0) is 9.80. The van der Waals surface area contributed by atoms with E-state index in [9.17, 15) is 0 Å². The molecular formula is C11H18N2O. The average Bonchev–Trinajstić information content (AvgIpc) is 2.85. The number of aliphatic hydroxyl groups excluding tert-OH is 1. The molecule has 2 rings (SSSR count). The van der Waals surface area contributed by atoms with E-state index in [1.54, 1.807) is 0 Å². The second-order valence-electron chi connectivity index (χ2n) is 4.05. The zero-order valence-corrected chi connectivity index (χ0v) is 8.52. The van der Waals surface area contributed by atoms with Gasteiger partial charge in [0.1, 0.15) is 0 Å². The summed E-state index contributed by atoms with van der Waals surface area (Å²) in [7, 11) is 0. The molecule has 0 radical (unpaired) electrons. The van der Waals surface area contributed by atoms with Crippen LogP contribution < -0.4 is 0 Å². The number of aryl methyl sites for hydroxylation is 1. The fraction of sp³-hybridized carbons (Fsp3) is 0.727. The smallest absolute Gasteiger partial charge is 0.0625 e. The molecule has 0 amide bonds. The Morgan fingerprint density at radius 3 is 2.93 bits per heavy atom. The monoisotopic (exact) mass is 194 g/mol. The maximum atomic E-state index is 8.71. The van der Waals surface area contributed by atoms with Crippen LogP contribution in [-0.4, -0.2) is 21.5 Å². The van der Waals surface area contributed by atoms with Crippen molar-refractivity contribution in [3.05, 3.63) is 18.0 Å². The minimum atomic E-state index is 0.260. The van der Waals surface area contributed by atoms with Gasteiger partial charge in [0.2, 0.25) is 0 Å². The van der Waals surface area contributed by atoms with Crippen LogP contribution in [0.4, 0.5) is 0 Å². The van der Waals surface area contributed by atoms with E-state index in [2.05, 4.69) is 22.0 Å². The Morgan fingerprint density at radius 2 is 2.21 bits per heavy atom. The van der Waals surface area contributed by atoms with Crippen LogP contribution in [0, 0.1) is 0 Å². The molecule has 3 nitrogen and oxygen atoms in total. The number of hydrogen-bond acceptors (Lipinski definition) is 2. The highest BCUT2D eigenvalue weighted by Gasteiger charge is 2.17. The molecule has 0 aromatic carbocycles. The summed E-state index contributed by atoms with van der Waals surface area (Å²) in [4.78, 5) is 0. The van der Waals surface area contributed by atoms with Gasteiger partial charge in [0.25, 0.3) is 0 Å². The lowest BCUT2D eigenvalue weighted by Gasteiger charge is -2.08. The van der Waals surface area contributed by atoms with Crippen LogP contribution in [-0.2, 0) is 6.42 Å². The molecule has 0 aliphatic heterocycles. The Hall–Kier alpha value is -0.830. The van der Waals surface area contributed by atoms with Gasteiger partial charge >= 0.3 is 0 Å². The molecule has 0 atom stereocenters. The van der Waals surface area contributed by atoms with Gasteiger partial charge in [0.15, 0.2) is 0 Å². The van der Waals surface area contributed by atoms with Crippen LogP contribution in [0.3, 0.4) is 0 Å². The quantitative estimate of drug-likeness (QED) is 0.795. The first-order valence-corrected chi connectivity index (χ1v) is 5.55. The van der Waals surface area contributed by atoms with Gasteiger partial charge in [0.05, 0.1) is 11.7 Å². The lowest BCUT2D eigenvalue weighted by Crippen LogP contribution is -2.05. The van der Waals surface area contributed by atoms with Gasteiger partial charge in [0, 0.05) is 12.8 Å². The van der Waals surface area contributed by atoms with Crippen LogP contribution in [0.5, 0.6) is 0 Å². The molecule has 1 aromatic rings. The third-order valence-corrected chi connectivity index (χ3v) is 2.95. The lowest BCUT2D eigenvalue weighted by atomic mass is 10.2. The van der Waals surface area contributed by atoms with Crippen molar-refractivity contribution in [2.75, 3.05) is 6.61 Å². The molecule has 0 unspecified atom stereocenters. The predicted octanol–water partition coefficient (Wildman–Crippen LogP) is 1.92. The van der Waals surface area contributed by atoms with Gasteiger partial charge in [-0.2, -0.15) is 5.10 Å². The molecule has 1 fully saturated rings. The van der Waals surface area contributed by atoms with Gasteiger partial charge < -0.3 is 5.11 Å². The van der Waals surface area contributed by atoms with Crippen LogP contribution >= 0.6 is 0 Å². The van der Waals surface area contributed by atoms with Crippen molar-refractivity contribution in [3.63, 3.8) is 0 Å². The Morgan fingerprint density at radius 1 is 1.43 bits per heavy atom. The summed E-state index contributed by atoms with van der Waals surface area (Å²) < 4.78 is 2.11. The van der Waals surface area contributed by atoms with E-state index in [1.807, 2.05) is 0 Å². The topological polar surface area (TPSA) is 38.0 Å². The third-order valence-electron chi connectivity index (χ3n) is 2.95. The van der Waals surface area contributed by atoms with Gasteiger partial charge in [-0.1, -0.05) is 12.8 Å². The fourth-order valence-electron chi connectivity index (χ4n) is 2.14. The van der Waals surface area contributed by atoms with E-state index in [1.165, 1.54) is 25.7 Å². The van der Waals surface area contributed by atoms with Crippen molar-refractivity contribution < 1.29 is 5.11 Å². The highest BCUT2D eigenvalue weighted by molar-refractivity contribution is 5.00. The number of rotatable bonds is 4. The van der Waals surface area contributed by atoms with E-state index in [0.717, 1.165) is 18.5 Å². The molecule has 1 aromatic heterocycles. The van der Waals surface area contributed by atoms with Crippen LogP contribution in [0.1, 0.15) is 43.8 Å².